The Hall–Kier alpha value is 0.0731. The second-order valence-corrected chi connectivity index (χ2v) is 15.9. The molecule has 0 nitrogen and oxygen atoms in total. The van der Waals surface area contributed by atoms with Crippen molar-refractivity contribution in [1.82, 2.24) is 0 Å². The molecule has 3 aromatic carbocycles. The van der Waals surface area contributed by atoms with Crippen molar-refractivity contribution in [2.75, 3.05) is 12.3 Å². The van der Waals surface area contributed by atoms with Crippen molar-refractivity contribution in [3.63, 3.8) is 0 Å². The zero-order valence-corrected chi connectivity index (χ0v) is 28.1. The Bertz CT molecular complexity index is 831. The Morgan fingerprint density at radius 1 is 0.800 bits per heavy atom. The Labute approximate surface area is 236 Å². The van der Waals surface area contributed by atoms with Crippen LogP contribution >= 0.6 is 24.9 Å². The second-order valence-electron chi connectivity index (χ2n) is 9.65. The molecule has 0 aromatic heterocycles. The average molecular weight is 613 g/mol. The van der Waals surface area contributed by atoms with Gasteiger partial charge in [-0.3, -0.25) is 0 Å². The van der Waals surface area contributed by atoms with Crippen molar-refractivity contribution in [2.45, 2.75) is 99.8 Å². The van der Waals surface area contributed by atoms with Gasteiger partial charge in [0.15, 0.2) is 0 Å². The Kier molecular flexibility index (Phi) is 18.1. The molecule has 0 aliphatic carbocycles. The number of halogens is 2. The minimum absolute atomic E-state index is 0.0642. The first-order chi connectivity index (χ1) is 16.8. The summed E-state index contributed by atoms with van der Waals surface area (Å²) in [5.41, 5.74) is 7.34. The zero-order valence-electron chi connectivity index (χ0n) is 23.2. The van der Waals surface area contributed by atoms with Crippen LogP contribution in [-0.2, 0) is 20.8 Å². The standard InChI is InChI=1S/C21H32P.C10H15.2ClH.Zr/c1-3-5-7-11-15-22(16-12-8-6-4-2)21-17-19-13-9-10-14-20(19)18-21;1-6-7(2)9(4)10(5)8(6)3;;;/h9-10,13-14,17-18H,3-8,11-12,15-16H2,1-2H3;1-5H3;2*1H;/q2*-1;;;+4/p-2. The molecule has 0 saturated heterocycles. The first-order valence-electron chi connectivity index (χ1n) is 13.4. The van der Waals surface area contributed by atoms with Gasteiger partial charge < -0.3 is 0 Å². The van der Waals surface area contributed by atoms with Crippen molar-refractivity contribution in [3.8, 4) is 0 Å². The van der Waals surface area contributed by atoms with Gasteiger partial charge in [-0.2, -0.15) is 33.9 Å². The normalized spacial score (nSPS) is 10.6. The van der Waals surface area contributed by atoms with E-state index in [0.717, 1.165) is 0 Å². The summed E-state index contributed by atoms with van der Waals surface area (Å²) < 4.78 is 0. The molecule has 0 amide bonds. The molecule has 0 heterocycles. The van der Waals surface area contributed by atoms with Crippen LogP contribution in [0.5, 0.6) is 0 Å². The third kappa shape index (κ3) is 11.6. The first kappa shape index (κ1) is 33.1. The van der Waals surface area contributed by atoms with Crippen LogP contribution in [0.25, 0.3) is 10.8 Å². The Morgan fingerprint density at radius 2 is 1.29 bits per heavy atom. The van der Waals surface area contributed by atoms with Crippen LogP contribution in [0.1, 0.15) is 93.0 Å². The predicted molar refractivity (Wildman–Crippen MR) is 162 cm³/mol. The van der Waals surface area contributed by atoms with Gasteiger partial charge in [-0.25, -0.2) is 0 Å². The van der Waals surface area contributed by atoms with E-state index in [9.17, 15) is 0 Å². The molecule has 3 rings (SSSR count). The van der Waals surface area contributed by atoms with Gasteiger partial charge in [0, 0.05) is 0 Å². The van der Waals surface area contributed by atoms with E-state index in [-0.39, 0.29) is 7.92 Å². The van der Waals surface area contributed by atoms with Gasteiger partial charge in [0.25, 0.3) is 0 Å². The molecule has 0 atom stereocenters. The number of hydrogen-bond acceptors (Lipinski definition) is 0. The molecule has 0 aliphatic heterocycles. The maximum absolute atomic E-state index is 4.93. The summed E-state index contributed by atoms with van der Waals surface area (Å²) >= 11 is -0.826. The van der Waals surface area contributed by atoms with Crippen molar-refractivity contribution in [1.29, 1.82) is 0 Å². The fourth-order valence-electron chi connectivity index (χ4n) is 4.55. The van der Waals surface area contributed by atoms with Crippen LogP contribution in [-0.4, -0.2) is 12.3 Å². The second kappa shape index (κ2) is 19.2. The summed E-state index contributed by atoms with van der Waals surface area (Å²) in [4.78, 5) is 0. The summed E-state index contributed by atoms with van der Waals surface area (Å²) in [6, 6.07) is 13.8. The van der Waals surface area contributed by atoms with Crippen LogP contribution in [0, 0.1) is 34.6 Å². The van der Waals surface area contributed by atoms with E-state index in [1.165, 1.54) is 102 Å². The fourth-order valence-corrected chi connectivity index (χ4v) is 7.15. The van der Waals surface area contributed by atoms with Gasteiger partial charge >= 0.3 is 37.9 Å². The molecule has 0 N–H and O–H groups in total. The molecule has 35 heavy (non-hydrogen) atoms. The van der Waals surface area contributed by atoms with Gasteiger partial charge in [0.1, 0.15) is 0 Å². The van der Waals surface area contributed by atoms with E-state index < -0.39 is 20.8 Å². The zero-order chi connectivity index (χ0) is 26.2. The van der Waals surface area contributed by atoms with Crippen LogP contribution in [0.4, 0.5) is 0 Å². The van der Waals surface area contributed by atoms with Gasteiger partial charge in [0.05, 0.1) is 0 Å². The van der Waals surface area contributed by atoms with Crippen LogP contribution in [0.2, 0.25) is 0 Å². The third-order valence-corrected chi connectivity index (χ3v) is 10.0. The van der Waals surface area contributed by atoms with Crippen molar-refractivity contribution in [3.05, 3.63) is 64.2 Å². The van der Waals surface area contributed by atoms with Crippen LogP contribution < -0.4 is 5.30 Å². The summed E-state index contributed by atoms with van der Waals surface area (Å²) in [5, 5.41) is 4.53. The van der Waals surface area contributed by atoms with Gasteiger partial charge in [-0.1, -0.05) is 101 Å². The molecular weight excluding hydrogens is 565 g/mol. The third-order valence-electron chi connectivity index (χ3n) is 7.34. The maximum atomic E-state index is 4.93. The molecule has 0 aliphatic rings. The van der Waals surface area contributed by atoms with E-state index in [0.29, 0.717) is 0 Å². The molecule has 0 radical (unpaired) electrons. The summed E-state index contributed by atoms with van der Waals surface area (Å²) in [5.74, 6) is 0. The Balaban J connectivity index is 0.000000391. The molecule has 0 spiro atoms. The monoisotopic (exact) mass is 610 g/mol. The van der Waals surface area contributed by atoms with E-state index in [1.54, 1.807) is 5.30 Å². The molecule has 194 valence electrons. The minimum atomic E-state index is -0.826. The summed E-state index contributed by atoms with van der Waals surface area (Å²) in [6.45, 7) is 15.6. The Morgan fingerprint density at radius 3 is 1.69 bits per heavy atom. The first-order valence-corrected chi connectivity index (χ1v) is 21.4. The van der Waals surface area contributed by atoms with E-state index in [2.05, 4.69) is 84.9 Å². The fraction of sp³-hybridized carbons (Fsp3) is 0.548. The average Bonchev–Trinajstić information content (AvgIpc) is 3.36. The quantitative estimate of drug-likeness (QED) is 0.115. The predicted octanol–water partition coefficient (Wildman–Crippen LogP) is 11.2. The SMILES string of the molecule is CCCCCCP(CCCCCC)c1cc2ccccc2[cH-]1.Cc1c(C)c(C)[c-](C)c1C.[Cl][Zr+2][Cl]. The van der Waals surface area contributed by atoms with Gasteiger partial charge in [0.2, 0.25) is 0 Å². The number of unbranched alkanes of at least 4 members (excludes halogenated alkanes) is 6. The van der Waals surface area contributed by atoms with E-state index >= 15 is 0 Å². The van der Waals surface area contributed by atoms with Crippen LogP contribution in [0.15, 0.2) is 36.4 Å². The summed E-state index contributed by atoms with van der Waals surface area (Å²) in [7, 11) is 9.93. The molecule has 4 heteroatoms. The van der Waals surface area contributed by atoms with Gasteiger partial charge in [-0.15, -0.1) is 40.3 Å². The van der Waals surface area contributed by atoms with E-state index in [4.69, 9.17) is 17.0 Å². The molecular formula is C31H47Cl2PZr. The molecule has 0 bridgehead atoms. The molecule has 0 fully saturated rings. The molecule has 0 saturated carbocycles. The van der Waals surface area contributed by atoms with E-state index in [1.807, 2.05) is 0 Å². The summed E-state index contributed by atoms with van der Waals surface area (Å²) in [6.07, 6.45) is 14.1. The van der Waals surface area contributed by atoms with Crippen molar-refractivity contribution >= 4 is 41.0 Å². The van der Waals surface area contributed by atoms with Crippen molar-refractivity contribution in [2.24, 2.45) is 0 Å². The van der Waals surface area contributed by atoms with Crippen molar-refractivity contribution < 1.29 is 20.8 Å². The topological polar surface area (TPSA) is 0 Å². The number of rotatable bonds is 11. The molecule has 3 aromatic rings. The number of benzene rings is 1. The molecule has 0 unspecified atom stereocenters. The van der Waals surface area contributed by atoms with Gasteiger partial charge in [-0.05, 0) is 25.2 Å². The van der Waals surface area contributed by atoms with Crippen LogP contribution in [0.3, 0.4) is 0 Å². The number of hydrogen-bond donors (Lipinski definition) is 0. The number of fused-ring (bicyclic) bond motifs is 1.